The Morgan fingerprint density at radius 3 is 2.75 bits per heavy atom. The van der Waals surface area contributed by atoms with Gasteiger partial charge in [0.15, 0.2) is 0 Å². The number of ether oxygens (including phenoxy) is 1. The summed E-state index contributed by atoms with van der Waals surface area (Å²) in [6, 6.07) is 6.90. The molecule has 1 aliphatic rings. The summed E-state index contributed by atoms with van der Waals surface area (Å²) in [5.41, 5.74) is 5.56. The number of nitrogens with one attached hydrogen (secondary N) is 1. The van der Waals surface area contributed by atoms with E-state index in [0.29, 0.717) is 23.1 Å². The fourth-order valence-corrected chi connectivity index (χ4v) is 2.69. The molecule has 0 radical (unpaired) electrons. The summed E-state index contributed by atoms with van der Waals surface area (Å²) in [7, 11) is 1.75. The number of carbonyl (C=O) groups is 1. The molecular formula is C17H21N5O2. The lowest BCUT2D eigenvalue weighted by molar-refractivity contribution is -0.122. The maximum absolute atomic E-state index is 12.6. The summed E-state index contributed by atoms with van der Waals surface area (Å²) in [5.74, 6) is 2.31. The highest BCUT2D eigenvalue weighted by molar-refractivity contribution is 5.93. The minimum Gasteiger partial charge on any atom is -0.456 e. The molecule has 0 saturated carbocycles. The van der Waals surface area contributed by atoms with Crippen LogP contribution in [0.15, 0.2) is 36.7 Å². The number of rotatable bonds is 4. The van der Waals surface area contributed by atoms with E-state index in [-0.39, 0.29) is 11.8 Å². The minimum atomic E-state index is 0.0453. The smallest absolute Gasteiger partial charge is 0.231 e. The van der Waals surface area contributed by atoms with Crippen LogP contribution in [-0.4, -0.2) is 36.0 Å². The molecule has 126 valence electrons. The molecular weight excluding hydrogens is 306 g/mol. The highest BCUT2D eigenvalue weighted by Gasteiger charge is 2.25. The molecule has 3 rings (SSSR count). The van der Waals surface area contributed by atoms with E-state index in [9.17, 15) is 4.79 Å². The van der Waals surface area contributed by atoms with Gasteiger partial charge in [-0.25, -0.2) is 9.97 Å². The SMILES string of the molecule is CN(C(=O)C1CCNCC1)c1cc(Oc2ccc(N)nc2)ccn1. The first-order valence-electron chi connectivity index (χ1n) is 7.97. The van der Waals surface area contributed by atoms with Gasteiger partial charge in [0.25, 0.3) is 0 Å². The van der Waals surface area contributed by atoms with Crippen molar-refractivity contribution in [1.82, 2.24) is 15.3 Å². The Kier molecular flexibility index (Phi) is 4.90. The number of pyridine rings is 2. The van der Waals surface area contributed by atoms with Crippen LogP contribution in [0.4, 0.5) is 11.6 Å². The molecule has 1 aliphatic heterocycles. The van der Waals surface area contributed by atoms with Crippen LogP contribution in [0.2, 0.25) is 0 Å². The maximum Gasteiger partial charge on any atom is 0.231 e. The second-order valence-corrected chi connectivity index (χ2v) is 5.79. The van der Waals surface area contributed by atoms with Gasteiger partial charge in [0.1, 0.15) is 23.1 Å². The largest absolute Gasteiger partial charge is 0.456 e. The first-order valence-corrected chi connectivity index (χ1v) is 7.97. The molecule has 2 aromatic heterocycles. The molecule has 0 aliphatic carbocycles. The molecule has 1 saturated heterocycles. The molecule has 0 unspecified atom stereocenters. The van der Waals surface area contributed by atoms with Gasteiger partial charge in [-0.2, -0.15) is 0 Å². The summed E-state index contributed by atoms with van der Waals surface area (Å²) in [6.45, 7) is 1.76. The highest BCUT2D eigenvalue weighted by atomic mass is 16.5. The van der Waals surface area contributed by atoms with E-state index >= 15 is 0 Å². The van der Waals surface area contributed by atoms with Crippen molar-refractivity contribution in [2.24, 2.45) is 5.92 Å². The predicted molar refractivity (Wildman–Crippen MR) is 92.0 cm³/mol. The van der Waals surface area contributed by atoms with Crippen LogP contribution >= 0.6 is 0 Å². The van der Waals surface area contributed by atoms with Crippen LogP contribution in [0.25, 0.3) is 0 Å². The minimum absolute atomic E-state index is 0.0453. The highest BCUT2D eigenvalue weighted by Crippen LogP contribution is 2.25. The lowest BCUT2D eigenvalue weighted by Gasteiger charge is -2.26. The molecule has 24 heavy (non-hydrogen) atoms. The van der Waals surface area contributed by atoms with Crippen molar-refractivity contribution in [3.63, 3.8) is 0 Å². The number of nitrogens with zero attached hydrogens (tertiary/aromatic N) is 3. The van der Waals surface area contributed by atoms with Crippen LogP contribution in [0, 0.1) is 5.92 Å². The van der Waals surface area contributed by atoms with Crippen LogP contribution in [0.3, 0.4) is 0 Å². The number of amides is 1. The van der Waals surface area contributed by atoms with Gasteiger partial charge >= 0.3 is 0 Å². The zero-order valence-electron chi connectivity index (χ0n) is 13.6. The molecule has 0 aromatic carbocycles. The Labute approximate surface area is 140 Å². The first-order chi connectivity index (χ1) is 11.6. The van der Waals surface area contributed by atoms with Gasteiger partial charge in [-0.1, -0.05) is 0 Å². The van der Waals surface area contributed by atoms with Crippen molar-refractivity contribution in [3.8, 4) is 11.5 Å². The van der Waals surface area contributed by atoms with Gasteiger partial charge < -0.3 is 15.8 Å². The van der Waals surface area contributed by atoms with Crippen molar-refractivity contribution in [3.05, 3.63) is 36.7 Å². The number of nitrogen functional groups attached to an aromatic ring is 1. The van der Waals surface area contributed by atoms with E-state index in [1.54, 1.807) is 48.6 Å². The molecule has 0 spiro atoms. The molecule has 0 bridgehead atoms. The molecule has 7 nitrogen and oxygen atoms in total. The average molecular weight is 327 g/mol. The van der Waals surface area contributed by atoms with Gasteiger partial charge in [0.05, 0.1) is 6.20 Å². The molecule has 3 heterocycles. The third-order valence-corrected chi connectivity index (χ3v) is 4.07. The number of hydrogen-bond acceptors (Lipinski definition) is 6. The molecule has 0 atom stereocenters. The zero-order valence-corrected chi connectivity index (χ0v) is 13.6. The second kappa shape index (κ2) is 7.27. The molecule has 7 heteroatoms. The van der Waals surface area contributed by atoms with Crippen LogP contribution in [0.1, 0.15) is 12.8 Å². The summed E-state index contributed by atoms with van der Waals surface area (Å²) < 4.78 is 5.74. The number of nitrogens with two attached hydrogens (primary N) is 1. The normalized spacial score (nSPS) is 15.0. The van der Waals surface area contributed by atoms with Crippen LogP contribution in [0.5, 0.6) is 11.5 Å². The van der Waals surface area contributed by atoms with Gasteiger partial charge in [0.2, 0.25) is 5.91 Å². The van der Waals surface area contributed by atoms with Gasteiger partial charge in [0, 0.05) is 25.2 Å². The van der Waals surface area contributed by atoms with E-state index in [0.717, 1.165) is 25.9 Å². The van der Waals surface area contributed by atoms with Crippen molar-refractivity contribution < 1.29 is 9.53 Å². The molecule has 1 amide bonds. The number of aromatic nitrogens is 2. The fraction of sp³-hybridized carbons (Fsp3) is 0.353. The van der Waals surface area contributed by atoms with Crippen molar-refractivity contribution in [1.29, 1.82) is 0 Å². The molecule has 3 N–H and O–H groups in total. The van der Waals surface area contributed by atoms with Gasteiger partial charge in [-0.05, 0) is 44.1 Å². The summed E-state index contributed by atoms with van der Waals surface area (Å²) in [6.07, 6.45) is 4.90. The lowest BCUT2D eigenvalue weighted by Crippen LogP contribution is -2.39. The number of anilines is 2. The first kappa shape index (κ1) is 16.2. The van der Waals surface area contributed by atoms with Gasteiger partial charge in [-0.15, -0.1) is 0 Å². The van der Waals surface area contributed by atoms with Crippen LogP contribution < -0.4 is 20.7 Å². The Bertz CT molecular complexity index is 698. The summed E-state index contributed by atoms with van der Waals surface area (Å²) in [5, 5.41) is 3.27. The number of piperidine rings is 1. The average Bonchev–Trinajstić information content (AvgIpc) is 2.63. The van der Waals surface area contributed by atoms with E-state index in [2.05, 4.69) is 15.3 Å². The Morgan fingerprint density at radius 2 is 2.04 bits per heavy atom. The molecule has 1 fully saturated rings. The third-order valence-electron chi connectivity index (χ3n) is 4.07. The summed E-state index contributed by atoms with van der Waals surface area (Å²) in [4.78, 5) is 22.5. The Balaban J connectivity index is 1.71. The fourth-order valence-electron chi connectivity index (χ4n) is 2.69. The number of hydrogen-bond donors (Lipinski definition) is 2. The lowest BCUT2D eigenvalue weighted by atomic mass is 9.97. The van der Waals surface area contributed by atoms with E-state index in [1.165, 1.54) is 0 Å². The Hall–Kier alpha value is -2.67. The number of carbonyl (C=O) groups excluding carboxylic acids is 1. The van der Waals surface area contributed by atoms with Crippen molar-refractivity contribution >= 4 is 17.5 Å². The second-order valence-electron chi connectivity index (χ2n) is 5.79. The van der Waals surface area contributed by atoms with Crippen molar-refractivity contribution in [2.75, 3.05) is 30.8 Å². The van der Waals surface area contributed by atoms with Gasteiger partial charge in [-0.3, -0.25) is 9.69 Å². The molecule has 2 aromatic rings. The zero-order chi connectivity index (χ0) is 16.9. The topological polar surface area (TPSA) is 93.4 Å². The monoisotopic (exact) mass is 327 g/mol. The van der Waals surface area contributed by atoms with Crippen molar-refractivity contribution in [2.45, 2.75) is 12.8 Å². The third kappa shape index (κ3) is 3.80. The summed E-state index contributed by atoms with van der Waals surface area (Å²) >= 11 is 0. The predicted octanol–water partition coefficient (Wildman–Crippen LogP) is 1.81. The standard InChI is InChI=1S/C17H21N5O2/c1-22(17(23)12-4-7-19-8-5-12)16-10-13(6-9-20-16)24-14-2-3-15(18)21-11-14/h2-3,6,9-12,19H,4-5,7-8H2,1H3,(H2,18,21). The Morgan fingerprint density at radius 1 is 1.25 bits per heavy atom. The maximum atomic E-state index is 12.6. The quantitative estimate of drug-likeness (QED) is 0.889. The van der Waals surface area contributed by atoms with Crippen LogP contribution in [-0.2, 0) is 4.79 Å². The van der Waals surface area contributed by atoms with E-state index in [4.69, 9.17) is 10.5 Å². The van der Waals surface area contributed by atoms with E-state index in [1.807, 2.05) is 0 Å². The van der Waals surface area contributed by atoms with E-state index < -0.39 is 0 Å².